The Kier molecular flexibility index (Phi) is 4.99. The van der Waals surface area contributed by atoms with Crippen LogP contribution in [0.15, 0.2) is 36.7 Å². The Morgan fingerprint density at radius 1 is 1.18 bits per heavy atom. The number of fused-ring (bicyclic) bond motifs is 2. The van der Waals surface area contributed by atoms with Gasteiger partial charge in [-0.25, -0.2) is 9.97 Å². The van der Waals surface area contributed by atoms with E-state index in [0.29, 0.717) is 11.8 Å². The van der Waals surface area contributed by atoms with Crippen LogP contribution in [0.3, 0.4) is 0 Å². The second kappa shape index (κ2) is 7.31. The van der Waals surface area contributed by atoms with Crippen LogP contribution in [0.2, 0.25) is 30.7 Å². The Morgan fingerprint density at radius 3 is 2.79 bits per heavy atom. The zero-order valence-electron chi connectivity index (χ0n) is 16.6. The quantitative estimate of drug-likeness (QED) is 0.331. The van der Waals surface area contributed by atoms with E-state index in [1.807, 2.05) is 46.8 Å². The molecule has 8 heteroatoms. The molecule has 3 aromatic heterocycles. The van der Waals surface area contributed by atoms with Crippen molar-refractivity contribution in [3.8, 4) is 11.4 Å². The van der Waals surface area contributed by atoms with Crippen molar-refractivity contribution in [1.29, 1.82) is 0 Å². The average Bonchev–Trinajstić information content (AvgIpc) is 3.19. The van der Waals surface area contributed by atoms with E-state index in [9.17, 15) is 0 Å². The minimum Gasteiger partial charge on any atom is -0.361 e. The van der Waals surface area contributed by atoms with E-state index in [4.69, 9.17) is 21.3 Å². The van der Waals surface area contributed by atoms with Gasteiger partial charge in [0.25, 0.3) is 0 Å². The standard InChI is InChI=1S/C20H24ClN5OSi/c1-25-18-11-14(21)5-6-15(18)19(24-25)17-12-22-20-16(23-17)7-8-26(20)13-27-9-10-28(2,3)4/h5-8,11-12H,9-10,13H2,1-4H3. The molecule has 0 bridgehead atoms. The number of nitrogens with zero attached hydrogens (tertiary/aromatic N) is 5. The molecule has 0 fully saturated rings. The molecule has 3 heterocycles. The normalized spacial score (nSPS) is 12.3. The summed E-state index contributed by atoms with van der Waals surface area (Å²) in [6.45, 7) is 8.33. The van der Waals surface area contributed by atoms with Gasteiger partial charge in [0, 0.05) is 38.3 Å². The van der Waals surface area contributed by atoms with Crippen molar-refractivity contribution >= 4 is 41.7 Å². The smallest absolute Gasteiger partial charge is 0.160 e. The number of hydrogen-bond donors (Lipinski definition) is 0. The molecule has 0 aliphatic carbocycles. The van der Waals surface area contributed by atoms with Gasteiger partial charge >= 0.3 is 0 Å². The highest BCUT2D eigenvalue weighted by atomic mass is 35.5. The molecule has 0 radical (unpaired) electrons. The minimum atomic E-state index is -1.08. The van der Waals surface area contributed by atoms with Crippen LogP contribution in [-0.2, 0) is 18.5 Å². The summed E-state index contributed by atoms with van der Waals surface area (Å²) in [4.78, 5) is 9.41. The Labute approximate surface area is 170 Å². The van der Waals surface area contributed by atoms with Gasteiger partial charge in [0.2, 0.25) is 0 Å². The highest BCUT2D eigenvalue weighted by molar-refractivity contribution is 6.76. The lowest BCUT2D eigenvalue weighted by molar-refractivity contribution is 0.0899. The van der Waals surface area contributed by atoms with E-state index in [-0.39, 0.29) is 0 Å². The predicted octanol–water partition coefficient (Wildman–Crippen LogP) is 4.95. The summed E-state index contributed by atoms with van der Waals surface area (Å²) in [7, 11) is 0.824. The van der Waals surface area contributed by atoms with E-state index in [0.717, 1.165) is 46.1 Å². The molecule has 0 saturated carbocycles. The second-order valence-corrected chi connectivity index (χ2v) is 14.3. The van der Waals surface area contributed by atoms with Gasteiger partial charge in [0.1, 0.15) is 23.6 Å². The molecule has 0 aliphatic heterocycles. The molecule has 0 unspecified atom stereocenters. The minimum absolute atomic E-state index is 0.493. The number of halogens is 1. The van der Waals surface area contributed by atoms with Gasteiger partial charge in [-0.05, 0) is 30.3 Å². The Bertz CT molecular complexity index is 1140. The van der Waals surface area contributed by atoms with Crippen molar-refractivity contribution in [2.45, 2.75) is 32.4 Å². The van der Waals surface area contributed by atoms with Crippen LogP contribution in [-0.4, -0.2) is 39.0 Å². The van der Waals surface area contributed by atoms with Gasteiger partial charge in [0.05, 0.1) is 11.7 Å². The molecular weight excluding hydrogens is 390 g/mol. The molecule has 0 saturated heterocycles. The molecule has 1 aromatic carbocycles. The first-order valence-electron chi connectivity index (χ1n) is 9.34. The Morgan fingerprint density at radius 2 is 2.00 bits per heavy atom. The fourth-order valence-electron chi connectivity index (χ4n) is 3.14. The van der Waals surface area contributed by atoms with Crippen LogP contribution >= 0.6 is 11.6 Å². The molecule has 0 spiro atoms. The number of ether oxygens (including phenoxy) is 1. The summed E-state index contributed by atoms with van der Waals surface area (Å²) in [5.41, 5.74) is 4.18. The predicted molar refractivity (Wildman–Crippen MR) is 116 cm³/mol. The van der Waals surface area contributed by atoms with E-state index < -0.39 is 8.07 Å². The van der Waals surface area contributed by atoms with Gasteiger partial charge < -0.3 is 9.30 Å². The number of aromatic nitrogens is 5. The Balaban J connectivity index is 1.60. The third-order valence-corrected chi connectivity index (χ3v) is 6.69. The average molecular weight is 414 g/mol. The zero-order valence-corrected chi connectivity index (χ0v) is 18.4. The summed E-state index contributed by atoms with van der Waals surface area (Å²) in [6, 6.07) is 8.88. The SMILES string of the molecule is Cn1nc(-c2cnc3c(ccn3COCC[Si](C)(C)C)n2)c2ccc(Cl)cc21. The molecule has 4 rings (SSSR count). The van der Waals surface area contributed by atoms with Gasteiger partial charge in [-0.1, -0.05) is 31.2 Å². The zero-order chi connectivity index (χ0) is 19.9. The van der Waals surface area contributed by atoms with Crippen molar-refractivity contribution in [3.63, 3.8) is 0 Å². The van der Waals surface area contributed by atoms with Gasteiger partial charge in [-0.15, -0.1) is 0 Å². The number of benzene rings is 1. The van der Waals surface area contributed by atoms with Crippen molar-refractivity contribution in [2.75, 3.05) is 6.61 Å². The summed E-state index contributed by atoms with van der Waals surface area (Å²) < 4.78 is 9.66. The van der Waals surface area contributed by atoms with Gasteiger partial charge in [-0.2, -0.15) is 5.10 Å². The lowest BCUT2D eigenvalue weighted by atomic mass is 10.2. The highest BCUT2D eigenvalue weighted by Gasteiger charge is 2.15. The maximum Gasteiger partial charge on any atom is 0.160 e. The third kappa shape index (κ3) is 3.83. The van der Waals surface area contributed by atoms with Crippen LogP contribution < -0.4 is 0 Å². The molecule has 146 valence electrons. The molecule has 0 amide bonds. The van der Waals surface area contributed by atoms with E-state index >= 15 is 0 Å². The maximum atomic E-state index is 6.12. The molecule has 0 atom stereocenters. The largest absolute Gasteiger partial charge is 0.361 e. The monoisotopic (exact) mass is 413 g/mol. The van der Waals surface area contributed by atoms with Crippen molar-refractivity contribution in [2.24, 2.45) is 7.05 Å². The van der Waals surface area contributed by atoms with Crippen molar-refractivity contribution in [3.05, 3.63) is 41.7 Å². The summed E-state index contributed by atoms with van der Waals surface area (Å²) in [5.74, 6) is 0. The maximum absolute atomic E-state index is 6.12. The summed E-state index contributed by atoms with van der Waals surface area (Å²) in [6.07, 6.45) is 3.75. The van der Waals surface area contributed by atoms with E-state index in [1.165, 1.54) is 0 Å². The first kappa shape index (κ1) is 19.1. The molecule has 0 N–H and O–H groups in total. The third-order valence-electron chi connectivity index (χ3n) is 4.75. The molecule has 4 aromatic rings. The van der Waals surface area contributed by atoms with E-state index in [1.54, 1.807) is 6.20 Å². The van der Waals surface area contributed by atoms with Crippen LogP contribution in [0.5, 0.6) is 0 Å². The van der Waals surface area contributed by atoms with Crippen LogP contribution in [0.1, 0.15) is 0 Å². The molecule has 28 heavy (non-hydrogen) atoms. The van der Waals surface area contributed by atoms with Crippen molar-refractivity contribution < 1.29 is 4.74 Å². The lowest BCUT2D eigenvalue weighted by Gasteiger charge is -2.15. The van der Waals surface area contributed by atoms with Crippen LogP contribution in [0, 0.1) is 0 Å². The topological polar surface area (TPSA) is 57.8 Å². The van der Waals surface area contributed by atoms with Crippen LogP contribution in [0.25, 0.3) is 33.5 Å². The molecule has 6 nitrogen and oxygen atoms in total. The molecular formula is C20H24ClN5OSi. The fourth-order valence-corrected chi connectivity index (χ4v) is 4.06. The first-order valence-corrected chi connectivity index (χ1v) is 13.4. The van der Waals surface area contributed by atoms with Gasteiger partial charge in [-0.3, -0.25) is 4.68 Å². The second-order valence-electron chi connectivity index (χ2n) is 8.23. The Hall–Kier alpha value is -2.22. The molecule has 0 aliphatic rings. The number of aryl methyl sites for hydroxylation is 1. The lowest BCUT2D eigenvalue weighted by Crippen LogP contribution is -2.22. The summed E-state index contributed by atoms with van der Waals surface area (Å²) in [5, 5.41) is 6.32. The van der Waals surface area contributed by atoms with E-state index in [2.05, 4.69) is 29.7 Å². The number of rotatable bonds is 6. The fraction of sp³-hybridized carbons (Fsp3) is 0.350. The number of hydrogen-bond acceptors (Lipinski definition) is 4. The summed E-state index contributed by atoms with van der Waals surface area (Å²) >= 11 is 6.12. The first-order chi connectivity index (χ1) is 13.3. The van der Waals surface area contributed by atoms with Gasteiger partial charge in [0.15, 0.2) is 5.65 Å². The van der Waals surface area contributed by atoms with Crippen molar-refractivity contribution in [1.82, 2.24) is 24.3 Å². The highest BCUT2D eigenvalue weighted by Crippen LogP contribution is 2.29. The van der Waals surface area contributed by atoms with Crippen LogP contribution in [0.4, 0.5) is 0 Å².